The lowest BCUT2D eigenvalue weighted by molar-refractivity contribution is -0.119. The molecule has 1 aromatic carbocycles. The van der Waals surface area contributed by atoms with Gasteiger partial charge >= 0.3 is 0 Å². The molecule has 0 radical (unpaired) electrons. The summed E-state index contributed by atoms with van der Waals surface area (Å²) in [5.74, 6) is -0.141. The number of amides is 1. The second-order valence-electron chi connectivity index (χ2n) is 4.61. The molecule has 0 fully saturated rings. The Hall–Kier alpha value is -1.44. The van der Waals surface area contributed by atoms with Gasteiger partial charge in [0.15, 0.2) is 0 Å². The second kappa shape index (κ2) is 6.83. The van der Waals surface area contributed by atoms with Crippen LogP contribution in [0, 0.1) is 0 Å². The van der Waals surface area contributed by atoms with Crippen LogP contribution in [0.4, 0.5) is 0 Å². The third-order valence-corrected chi connectivity index (χ3v) is 5.01. The van der Waals surface area contributed by atoms with Gasteiger partial charge in [-0.05, 0) is 24.6 Å². The first-order valence-electron chi connectivity index (χ1n) is 6.21. The summed E-state index contributed by atoms with van der Waals surface area (Å²) in [6.45, 7) is 3.17. The van der Waals surface area contributed by atoms with E-state index in [2.05, 4.69) is 5.32 Å². The van der Waals surface area contributed by atoms with Gasteiger partial charge in [0.25, 0.3) is 0 Å². The average molecular weight is 300 g/mol. The number of benzene rings is 1. The molecule has 0 spiro atoms. The lowest BCUT2D eigenvalue weighted by atomic mass is 10.2. The molecule has 1 rings (SSSR count). The van der Waals surface area contributed by atoms with E-state index in [0.717, 1.165) is 9.87 Å². The third kappa shape index (κ3) is 4.03. The summed E-state index contributed by atoms with van der Waals surface area (Å²) in [4.78, 5) is 11.0. The molecule has 0 aliphatic heterocycles. The van der Waals surface area contributed by atoms with Crippen molar-refractivity contribution in [2.75, 3.05) is 13.7 Å². The van der Waals surface area contributed by atoms with E-state index in [9.17, 15) is 13.2 Å². The predicted molar refractivity (Wildman–Crippen MR) is 75.5 cm³/mol. The van der Waals surface area contributed by atoms with Gasteiger partial charge in [-0.3, -0.25) is 4.79 Å². The topological polar surface area (TPSA) is 86.7 Å². The highest BCUT2D eigenvalue weighted by molar-refractivity contribution is 7.89. The van der Waals surface area contributed by atoms with E-state index >= 15 is 0 Å². The summed E-state index contributed by atoms with van der Waals surface area (Å²) in [5.41, 5.74) is 0.817. The van der Waals surface area contributed by atoms with Crippen molar-refractivity contribution < 1.29 is 18.3 Å². The number of aliphatic hydroxyl groups excluding tert-OH is 1. The van der Waals surface area contributed by atoms with Crippen molar-refractivity contribution in [1.82, 2.24) is 9.62 Å². The van der Waals surface area contributed by atoms with Gasteiger partial charge in [-0.15, -0.1) is 0 Å². The number of nitrogens with one attached hydrogen (secondary N) is 1. The van der Waals surface area contributed by atoms with Crippen molar-refractivity contribution in [2.45, 2.75) is 31.3 Å². The number of nitrogens with zero attached hydrogens (tertiary/aromatic N) is 1. The highest BCUT2D eigenvalue weighted by Crippen LogP contribution is 2.17. The van der Waals surface area contributed by atoms with Gasteiger partial charge in [-0.1, -0.05) is 12.1 Å². The van der Waals surface area contributed by atoms with Gasteiger partial charge in [-0.25, -0.2) is 8.42 Å². The minimum Gasteiger partial charge on any atom is -0.395 e. The van der Waals surface area contributed by atoms with Crippen LogP contribution in [0.25, 0.3) is 0 Å². The van der Waals surface area contributed by atoms with Gasteiger partial charge in [-0.2, -0.15) is 4.31 Å². The van der Waals surface area contributed by atoms with E-state index in [-0.39, 0.29) is 17.4 Å². The Morgan fingerprint density at radius 1 is 1.35 bits per heavy atom. The van der Waals surface area contributed by atoms with Crippen molar-refractivity contribution in [3.63, 3.8) is 0 Å². The number of aliphatic hydroxyl groups is 1. The van der Waals surface area contributed by atoms with Crippen LogP contribution in [0.5, 0.6) is 0 Å². The van der Waals surface area contributed by atoms with Crippen LogP contribution in [0.3, 0.4) is 0 Å². The Labute approximate surface area is 119 Å². The number of carbonyl (C=O) groups is 1. The first-order valence-corrected chi connectivity index (χ1v) is 7.65. The van der Waals surface area contributed by atoms with Crippen LogP contribution >= 0.6 is 0 Å². The Morgan fingerprint density at radius 3 is 2.35 bits per heavy atom. The quantitative estimate of drug-likeness (QED) is 0.792. The zero-order valence-corrected chi connectivity index (χ0v) is 12.6. The zero-order valence-electron chi connectivity index (χ0n) is 11.8. The van der Waals surface area contributed by atoms with E-state index in [1.54, 1.807) is 19.1 Å². The smallest absolute Gasteiger partial charge is 0.243 e. The van der Waals surface area contributed by atoms with Crippen LogP contribution < -0.4 is 5.32 Å². The first-order chi connectivity index (χ1) is 9.28. The van der Waals surface area contributed by atoms with Crippen molar-refractivity contribution in [3.8, 4) is 0 Å². The van der Waals surface area contributed by atoms with E-state index in [0.29, 0.717) is 6.54 Å². The van der Waals surface area contributed by atoms with Crippen LogP contribution in [-0.4, -0.2) is 43.4 Å². The average Bonchev–Trinajstić information content (AvgIpc) is 2.43. The van der Waals surface area contributed by atoms with Crippen molar-refractivity contribution in [1.29, 1.82) is 0 Å². The number of hydrogen-bond donors (Lipinski definition) is 2. The fraction of sp³-hybridized carbons (Fsp3) is 0.462. The maximum Gasteiger partial charge on any atom is 0.243 e. The monoisotopic (exact) mass is 300 g/mol. The molecule has 1 unspecified atom stereocenters. The SMILES string of the molecule is CC(=O)NCc1ccc(S(=O)(=O)N(C)C(C)CO)cc1. The molecular weight excluding hydrogens is 280 g/mol. The Kier molecular flexibility index (Phi) is 5.67. The Balaban J connectivity index is 2.89. The lowest BCUT2D eigenvalue weighted by Crippen LogP contribution is -2.37. The molecule has 6 nitrogen and oxygen atoms in total. The fourth-order valence-electron chi connectivity index (χ4n) is 1.52. The highest BCUT2D eigenvalue weighted by atomic mass is 32.2. The summed E-state index contributed by atoms with van der Waals surface area (Å²) in [6, 6.07) is 5.81. The molecule has 0 saturated heterocycles. The normalized spacial score (nSPS) is 13.2. The molecule has 2 N–H and O–H groups in total. The van der Waals surface area contributed by atoms with Gasteiger partial charge in [0.1, 0.15) is 0 Å². The molecule has 0 aliphatic carbocycles. The third-order valence-electron chi connectivity index (χ3n) is 3.03. The maximum absolute atomic E-state index is 12.3. The summed E-state index contributed by atoms with van der Waals surface area (Å²) in [7, 11) is -2.18. The second-order valence-corrected chi connectivity index (χ2v) is 6.60. The molecule has 20 heavy (non-hydrogen) atoms. The molecule has 1 atom stereocenters. The number of carbonyl (C=O) groups excluding carboxylic acids is 1. The number of sulfonamides is 1. The molecular formula is C13H20N2O4S. The van der Waals surface area contributed by atoms with Crippen LogP contribution in [0.1, 0.15) is 19.4 Å². The lowest BCUT2D eigenvalue weighted by Gasteiger charge is -2.22. The number of likely N-dealkylation sites (N-methyl/N-ethyl adjacent to an activating group) is 1. The van der Waals surface area contributed by atoms with E-state index in [1.807, 2.05) is 0 Å². The molecule has 7 heteroatoms. The van der Waals surface area contributed by atoms with Crippen molar-refractivity contribution in [3.05, 3.63) is 29.8 Å². The van der Waals surface area contributed by atoms with Gasteiger partial charge in [0.05, 0.1) is 11.5 Å². The molecule has 0 heterocycles. The van der Waals surface area contributed by atoms with Gasteiger partial charge in [0.2, 0.25) is 15.9 Å². The summed E-state index contributed by atoms with van der Waals surface area (Å²) >= 11 is 0. The highest BCUT2D eigenvalue weighted by Gasteiger charge is 2.24. The minimum absolute atomic E-state index is 0.141. The van der Waals surface area contributed by atoms with Crippen molar-refractivity contribution in [2.24, 2.45) is 0 Å². The first kappa shape index (κ1) is 16.6. The van der Waals surface area contributed by atoms with Crippen LogP contribution in [-0.2, 0) is 21.4 Å². The minimum atomic E-state index is -3.61. The number of rotatable bonds is 6. The van der Waals surface area contributed by atoms with Gasteiger partial charge in [0, 0.05) is 26.6 Å². The summed E-state index contributed by atoms with van der Waals surface area (Å²) in [6.07, 6.45) is 0. The van der Waals surface area contributed by atoms with Crippen molar-refractivity contribution >= 4 is 15.9 Å². The van der Waals surface area contributed by atoms with E-state index in [1.165, 1.54) is 26.1 Å². The van der Waals surface area contributed by atoms with E-state index in [4.69, 9.17) is 5.11 Å². The maximum atomic E-state index is 12.3. The molecule has 1 aromatic rings. The fourth-order valence-corrected chi connectivity index (χ4v) is 2.88. The zero-order chi connectivity index (χ0) is 15.3. The van der Waals surface area contributed by atoms with E-state index < -0.39 is 16.1 Å². The number of hydrogen-bond acceptors (Lipinski definition) is 4. The molecule has 0 aromatic heterocycles. The van der Waals surface area contributed by atoms with Crippen LogP contribution in [0.15, 0.2) is 29.2 Å². The van der Waals surface area contributed by atoms with Crippen LogP contribution in [0.2, 0.25) is 0 Å². The summed E-state index contributed by atoms with van der Waals surface area (Å²) < 4.78 is 25.6. The Bertz CT molecular complexity index is 554. The Morgan fingerprint density at radius 2 is 1.90 bits per heavy atom. The summed E-state index contributed by atoms with van der Waals surface area (Å²) in [5, 5.41) is 11.7. The largest absolute Gasteiger partial charge is 0.395 e. The predicted octanol–water partition coefficient (Wildman–Crippen LogP) is 0.324. The standard InChI is InChI=1S/C13H20N2O4S/c1-10(9-16)15(3)20(18,19)13-6-4-12(5-7-13)8-14-11(2)17/h4-7,10,16H,8-9H2,1-3H3,(H,14,17). The molecule has 1 amide bonds. The molecule has 0 saturated carbocycles. The molecule has 0 bridgehead atoms. The van der Waals surface area contributed by atoms with Gasteiger partial charge < -0.3 is 10.4 Å². The molecule has 112 valence electrons. The molecule has 0 aliphatic rings.